The second kappa shape index (κ2) is 3.95. The molecule has 1 atom stereocenters. The normalized spacial score (nSPS) is 25.8. The largest absolute Gasteiger partial charge is 0.451 e. The number of rotatable bonds is 1. The number of amides is 1. The van der Waals surface area contributed by atoms with Gasteiger partial charge in [0.2, 0.25) is 5.91 Å². The van der Waals surface area contributed by atoms with Gasteiger partial charge in [-0.05, 0) is 30.5 Å². The molecule has 1 fully saturated rings. The van der Waals surface area contributed by atoms with E-state index in [-0.39, 0.29) is 11.9 Å². The lowest BCUT2D eigenvalue weighted by Crippen LogP contribution is -2.23. The molecule has 98 valence electrons. The van der Waals surface area contributed by atoms with Gasteiger partial charge >= 0.3 is 5.97 Å². The molecule has 2 aliphatic heterocycles. The Bertz CT molecular complexity index is 587. The van der Waals surface area contributed by atoms with Gasteiger partial charge in [-0.15, -0.1) is 0 Å². The number of hydrogen-bond donors (Lipinski definition) is 1. The fraction of sp³-hybridized carbons (Fsp3) is 0.333. The Morgan fingerprint density at radius 1 is 1.32 bits per heavy atom. The predicted molar refractivity (Wildman–Crippen MR) is 70.6 cm³/mol. The molecule has 1 unspecified atom stereocenters. The summed E-state index contributed by atoms with van der Waals surface area (Å²) in [4.78, 5) is 22.9. The lowest BCUT2D eigenvalue weighted by molar-refractivity contribution is -0.145. The third-order valence-electron chi connectivity index (χ3n) is 3.77. The summed E-state index contributed by atoms with van der Waals surface area (Å²) in [6.07, 6.45) is 1.76. The second-order valence-corrected chi connectivity index (χ2v) is 5.32. The number of carbonyl (C=O) groups is 2. The van der Waals surface area contributed by atoms with Crippen molar-refractivity contribution in [2.24, 2.45) is 0 Å². The number of ether oxygens (including phenoxy) is 1. The molecule has 4 heteroatoms. The van der Waals surface area contributed by atoms with Gasteiger partial charge < -0.3 is 10.1 Å². The summed E-state index contributed by atoms with van der Waals surface area (Å²) in [6.45, 7) is 5.58. The fourth-order valence-electron chi connectivity index (χ4n) is 2.65. The van der Waals surface area contributed by atoms with Gasteiger partial charge in [0.05, 0.1) is 0 Å². The monoisotopic (exact) mass is 257 g/mol. The van der Waals surface area contributed by atoms with Crippen molar-refractivity contribution >= 4 is 17.6 Å². The summed E-state index contributed by atoms with van der Waals surface area (Å²) in [5.41, 5.74) is 2.65. The highest BCUT2D eigenvalue weighted by atomic mass is 16.6. The maximum atomic E-state index is 11.5. The summed E-state index contributed by atoms with van der Waals surface area (Å²) < 4.78 is 5.41. The van der Waals surface area contributed by atoms with Crippen molar-refractivity contribution in [1.29, 1.82) is 0 Å². The van der Waals surface area contributed by atoms with Gasteiger partial charge in [0.1, 0.15) is 5.60 Å². The van der Waals surface area contributed by atoms with Crippen LogP contribution in [0.5, 0.6) is 0 Å². The lowest BCUT2D eigenvalue weighted by atomic mass is 9.89. The van der Waals surface area contributed by atoms with Crippen molar-refractivity contribution in [1.82, 2.24) is 0 Å². The summed E-state index contributed by atoms with van der Waals surface area (Å²) in [6, 6.07) is 5.85. The minimum absolute atomic E-state index is 0.0302. The number of benzene rings is 1. The molecule has 1 saturated heterocycles. The van der Waals surface area contributed by atoms with Crippen LogP contribution < -0.4 is 5.32 Å². The molecule has 0 spiro atoms. The van der Waals surface area contributed by atoms with E-state index in [1.165, 1.54) is 0 Å². The van der Waals surface area contributed by atoms with Crippen LogP contribution in [0.1, 0.15) is 30.9 Å². The van der Waals surface area contributed by atoms with Crippen LogP contribution in [0, 0.1) is 0 Å². The molecule has 0 bridgehead atoms. The van der Waals surface area contributed by atoms with E-state index in [1.54, 1.807) is 0 Å². The zero-order valence-corrected chi connectivity index (χ0v) is 10.8. The number of nitrogens with one attached hydrogen (secondary N) is 1. The number of carbonyl (C=O) groups excluding carboxylic acids is 2. The molecule has 1 aromatic rings. The smallest absolute Gasteiger partial charge is 0.334 e. The number of esters is 1. The average Bonchev–Trinajstić information content (AvgIpc) is 2.63. The number of hydrogen-bond acceptors (Lipinski definition) is 3. The highest BCUT2D eigenvalue weighted by Crippen LogP contribution is 2.40. The van der Waals surface area contributed by atoms with Crippen molar-refractivity contribution < 1.29 is 14.3 Å². The van der Waals surface area contributed by atoms with E-state index in [1.807, 2.05) is 25.1 Å². The third kappa shape index (κ3) is 1.93. The van der Waals surface area contributed by atoms with Crippen LogP contribution in [-0.2, 0) is 26.3 Å². The molecule has 0 aromatic heterocycles. The molecule has 2 heterocycles. The molecule has 1 amide bonds. The van der Waals surface area contributed by atoms with E-state index in [4.69, 9.17) is 4.74 Å². The molecule has 1 N–H and O–H groups in total. The first kappa shape index (κ1) is 12.0. The van der Waals surface area contributed by atoms with Crippen molar-refractivity contribution in [2.75, 3.05) is 5.32 Å². The van der Waals surface area contributed by atoms with Crippen molar-refractivity contribution in [3.05, 3.63) is 41.5 Å². The van der Waals surface area contributed by atoms with Crippen molar-refractivity contribution in [3.8, 4) is 0 Å². The zero-order chi connectivity index (χ0) is 13.6. The molecule has 3 rings (SSSR count). The van der Waals surface area contributed by atoms with E-state index in [0.29, 0.717) is 18.4 Å². The first-order valence-corrected chi connectivity index (χ1v) is 6.32. The van der Waals surface area contributed by atoms with Gasteiger partial charge in [-0.1, -0.05) is 18.7 Å². The Balaban J connectivity index is 1.98. The number of cyclic esters (lactones) is 1. The van der Waals surface area contributed by atoms with Gasteiger partial charge in [-0.25, -0.2) is 4.79 Å². The first-order valence-electron chi connectivity index (χ1n) is 6.32. The Morgan fingerprint density at radius 2 is 2.11 bits per heavy atom. The van der Waals surface area contributed by atoms with Crippen LogP contribution in [0.3, 0.4) is 0 Å². The van der Waals surface area contributed by atoms with Gasteiger partial charge in [0, 0.05) is 24.1 Å². The Kier molecular flexibility index (Phi) is 2.49. The minimum atomic E-state index is -0.675. The van der Waals surface area contributed by atoms with Gasteiger partial charge in [0.25, 0.3) is 0 Å². The standard InChI is InChI=1S/C15H15NO3/c1-9-8-15(2,19-14(9)18)11-5-3-10-4-6-13(17)16-12(10)7-11/h3,5,7H,1,4,6,8H2,2H3,(H,16,17). The molecule has 19 heavy (non-hydrogen) atoms. The van der Waals surface area contributed by atoms with Crippen LogP contribution in [0.25, 0.3) is 0 Å². The van der Waals surface area contributed by atoms with E-state index < -0.39 is 5.60 Å². The quantitative estimate of drug-likeness (QED) is 0.620. The molecule has 4 nitrogen and oxygen atoms in total. The molecule has 2 aliphatic rings. The maximum absolute atomic E-state index is 11.5. The Morgan fingerprint density at radius 3 is 2.79 bits per heavy atom. The van der Waals surface area contributed by atoms with Crippen LogP contribution in [0.2, 0.25) is 0 Å². The summed E-state index contributed by atoms with van der Waals surface area (Å²) in [7, 11) is 0. The highest BCUT2D eigenvalue weighted by molar-refractivity contribution is 5.94. The van der Waals surface area contributed by atoms with Crippen LogP contribution >= 0.6 is 0 Å². The fourth-order valence-corrected chi connectivity index (χ4v) is 2.65. The minimum Gasteiger partial charge on any atom is -0.451 e. The molecular weight excluding hydrogens is 242 g/mol. The number of anilines is 1. The second-order valence-electron chi connectivity index (χ2n) is 5.32. The lowest BCUT2D eigenvalue weighted by Gasteiger charge is -2.25. The number of fused-ring (bicyclic) bond motifs is 1. The number of aryl methyl sites for hydroxylation is 1. The SMILES string of the molecule is C=C1CC(C)(c2ccc3c(c2)NC(=O)CC3)OC1=O. The summed E-state index contributed by atoms with van der Waals surface area (Å²) in [5.74, 6) is -0.313. The average molecular weight is 257 g/mol. The summed E-state index contributed by atoms with van der Waals surface area (Å²) >= 11 is 0. The van der Waals surface area contributed by atoms with Crippen molar-refractivity contribution in [2.45, 2.75) is 31.8 Å². The van der Waals surface area contributed by atoms with Crippen LogP contribution in [0.15, 0.2) is 30.4 Å². The van der Waals surface area contributed by atoms with Gasteiger partial charge in [-0.3, -0.25) is 4.79 Å². The van der Waals surface area contributed by atoms with E-state index in [2.05, 4.69) is 11.9 Å². The zero-order valence-electron chi connectivity index (χ0n) is 10.8. The topological polar surface area (TPSA) is 55.4 Å². The predicted octanol–water partition coefficient (Wildman–Crippen LogP) is 2.29. The molecule has 1 aromatic carbocycles. The highest BCUT2D eigenvalue weighted by Gasteiger charge is 2.40. The van der Waals surface area contributed by atoms with Gasteiger partial charge in [-0.2, -0.15) is 0 Å². The van der Waals surface area contributed by atoms with E-state index in [9.17, 15) is 9.59 Å². The van der Waals surface area contributed by atoms with E-state index in [0.717, 1.165) is 23.2 Å². The van der Waals surface area contributed by atoms with Crippen molar-refractivity contribution in [3.63, 3.8) is 0 Å². The third-order valence-corrected chi connectivity index (χ3v) is 3.77. The Hall–Kier alpha value is -2.10. The molecule has 0 radical (unpaired) electrons. The van der Waals surface area contributed by atoms with E-state index >= 15 is 0 Å². The Labute approximate surface area is 111 Å². The van der Waals surface area contributed by atoms with Crippen LogP contribution in [-0.4, -0.2) is 11.9 Å². The molecular formula is C15H15NO3. The summed E-state index contributed by atoms with van der Waals surface area (Å²) in [5, 5.41) is 2.86. The van der Waals surface area contributed by atoms with Crippen LogP contribution in [0.4, 0.5) is 5.69 Å². The van der Waals surface area contributed by atoms with Gasteiger partial charge in [0.15, 0.2) is 0 Å². The molecule has 0 aliphatic carbocycles. The maximum Gasteiger partial charge on any atom is 0.334 e. The first-order chi connectivity index (χ1) is 8.98. The molecule has 0 saturated carbocycles.